The van der Waals surface area contributed by atoms with Gasteiger partial charge in [-0.1, -0.05) is 22.6 Å². The minimum atomic E-state index is -0.434. The van der Waals surface area contributed by atoms with Gasteiger partial charge in [0, 0.05) is 37.2 Å². The fourth-order valence-corrected chi connectivity index (χ4v) is 3.01. The van der Waals surface area contributed by atoms with E-state index in [1.807, 2.05) is 20.8 Å². The second kappa shape index (κ2) is 8.12. The van der Waals surface area contributed by atoms with E-state index in [1.165, 1.54) is 0 Å². The number of halogens is 1. The Morgan fingerprint density at radius 2 is 1.73 bits per heavy atom. The molecule has 0 aromatic heterocycles. The fraction of sp³-hybridized carbons (Fsp3) is 0.933. The second-order valence-electron chi connectivity index (χ2n) is 6.83. The molecule has 0 unspecified atom stereocenters. The van der Waals surface area contributed by atoms with E-state index in [1.54, 1.807) is 4.90 Å². The maximum atomic E-state index is 12.0. The van der Waals surface area contributed by atoms with E-state index in [4.69, 9.17) is 14.2 Å². The predicted molar refractivity (Wildman–Crippen MR) is 92.6 cm³/mol. The summed E-state index contributed by atoms with van der Waals surface area (Å²) >= 11 is 2.32. The van der Waals surface area contributed by atoms with Crippen molar-refractivity contribution in [1.82, 2.24) is 9.80 Å². The molecule has 2 heterocycles. The monoisotopic (exact) mass is 426 g/mol. The van der Waals surface area contributed by atoms with Crippen LogP contribution in [0, 0.1) is 0 Å². The first-order valence-corrected chi connectivity index (χ1v) is 9.39. The largest absolute Gasteiger partial charge is 0.444 e. The molecule has 2 atom stereocenters. The number of alkyl halides is 1. The Balaban J connectivity index is 1.68. The quantitative estimate of drug-likeness (QED) is 0.509. The number of rotatable bonds is 3. The highest BCUT2D eigenvalue weighted by atomic mass is 127. The summed E-state index contributed by atoms with van der Waals surface area (Å²) in [6.07, 6.45) is 0.169. The summed E-state index contributed by atoms with van der Waals surface area (Å²) in [5.41, 5.74) is -0.434. The number of piperazine rings is 1. The molecule has 1 amide bonds. The highest BCUT2D eigenvalue weighted by Gasteiger charge is 2.28. The molecule has 7 heteroatoms. The van der Waals surface area contributed by atoms with Crippen molar-refractivity contribution in [3.63, 3.8) is 0 Å². The number of amides is 1. The lowest BCUT2D eigenvalue weighted by Gasteiger charge is -2.38. The smallest absolute Gasteiger partial charge is 0.410 e. The number of nitrogens with zero attached hydrogens (tertiary/aromatic N) is 2. The van der Waals surface area contributed by atoms with E-state index in [9.17, 15) is 4.79 Å². The van der Waals surface area contributed by atoms with Crippen LogP contribution >= 0.6 is 22.6 Å². The van der Waals surface area contributed by atoms with Crippen molar-refractivity contribution < 1.29 is 19.0 Å². The van der Waals surface area contributed by atoms with Crippen LogP contribution in [0.5, 0.6) is 0 Å². The van der Waals surface area contributed by atoms with E-state index in [2.05, 4.69) is 27.5 Å². The van der Waals surface area contributed by atoms with Crippen molar-refractivity contribution in [3.05, 3.63) is 0 Å². The second-order valence-corrected chi connectivity index (χ2v) is 7.71. The molecule has 0 aromatic carbocycles. The summed E-state index contributed by atoms with van der Waals surface area (Å²) in [5, 5.41) is 0. The molecule has 2 aliphatic rings. The number of carbonyl (C=O) groups excluding carboxylic acids is 1. The Bertz CT molecular complexity index is 359. The third-order valence-corrected chi connectivity index (χ3v) is 4.68. The lowest BCUT2D eigenvalue weighted by molar-refractivity contribution is -0.132. The number of hydrogen-bond acceptors (Lipinski definition) is 5. The average Bonchev–Trinajstić information content (AvgIpc) is 2.47. The summed E-state index contributed by atoms with van der Waals surface area (Å²) in [5.74, 6) is 0. The normalized spacial score (nSPS) is 27.7. The van der Waals surface area contributed by atoms with Crippen LogP contribution in [0.4, 0.5) is 4.79 Å². The summed E-state index contributed by atoms with van der Waals surface area (Å²) in [4.78, 5) is 16.1. The van der Waals surface area contributed by atoms with Gasteiger partial charge in [-0.25, -0.2) is 4.79 Å². The van der Waals surface area contributed by atoms with Crippen molar-refractivity contribution in [1.29, 1.82) is 0 Å². The average molecular weight is 426 g/mol. The van der Waals surface area contributed by atoms with Crippen LogP contribution in [0.2, 0.25) is 0 Å². The van der Waals surface area contributed by atoms with Crippen molar-refractivity contribution in [2.24, 2.45) is 0 Å². The molecule has 0 aromatic rings. The van der Waals surface area contributed by atoms with Crippen LogP contribution in [-0.4, -0.2) is 84.1 Å². The number of ether oxygens (including phenoxy) is 3. The minimum absolute atomic E-state index is 0.146. The molecule has 128 valence electrons. The topological polar surface area (TPSA) is 51.2 Å². The van der Waals surface area contributed by atoms with E-state index in [0.717, 1.165) is 24.1 Å². The van der Waals surface area contributed by atoms with Gasteiger partial charge in [0.15, 0.2) is 0 Å². The van der Waals surface area contributed by atoms with Gasteiger partial charge < -0.3 is 19.1 Å². The van der Waals surface area contributed by atoms with Gasteiger partial charge in [-0.05, 0) is 20.8 Å². The Labute approximate surface area is 146 Å². The van der Waals surface area contributed by atoms with Gasteiger partial charge in [-0.3, -0.25) is 4.90 Å². The molecule has 2 saturated heterocycles. The Morgan fingerprint density at radius 3 is 2.23 bits per heavy atom. The SMILES string of the molecule is CC(C)(C)OC(=O)N1CCN(C[C@@H]2CO[C@@H](CI)CO2)CC1. The van der Waals surface area contributed by atoms with Crippen LogP contribution < -0.4 is 0 Å². The third kappa shape index (κ3) is 5.82. The molecular formula is C15H27IN2O4. The first kappa shape index (κ1) is 18.2. The lowest BCUT2D eigenvalue weighted by Crippen LogP contribution is -2.53. The summed E-state index contributed by atoms with van der Waals surface area (Å²) in [7, 11) is 0. The van der Waals surface area contributed by atoms with Gasteiger partial charge >= 0.3 is 6.09 Å². The highest BCUT2D eigenvalue weighted by Crippen LogP contribution is 2.14. The van der Waals surface area contributed by atoms with Crippen molar-refractivity contribution in [3.8, 4) is 0 Å². The first-order chi connectivity index (χ1) is 10.4. The van der Waals surface area contributed by atoms with Crippen molar-refractivity contribution >= 4 is 28.7 Å². The molecule has 0 bridgehead atoms. The molecule has 2 aliphatic heterocycles. The summed E-state index contributed by atoms with van der Waals surface area (Å²) in [6.45, 7) is 11.0. The van der Waals surface area contributed by atoms with E-state index >= 15 is 0 Å². The molecule has 2 rings (SSSR count). The van der Waals surface area contributed by atoms with Crippen LogP contribution in [-0.2, 0) is 14.2 Å². The zero-order valence-electron chi connectivity index (χ0n) is 13.7. The molecule has 0 aliphatic carbocycles. The standard InChI is InChI=1S/C15H27IN2O4/c1-15(2,3)22-14(19)18-6-4-17(5-7-18)9-13-11-20-12(8-16)10-21-13/h12-13H,4-11H2,1-3H3/t12-,13+/m0/s1. The molecule has 6 nitrogen and oxygen atoms in total. The van der Waals surface area contributed by atoms with Gasteiger partial charge in [0.05, 0.1) is 25.4 Å². The van der Waals surface area contributed by atoms with Gasteiger partial charge in [0.2, 0.25) is 0 Å². The molecular weight excluding hydrogens is 399 g/mol. The van der Waals surface area contributed by atoms with E-state index < -0.39 is 5.60 Å². The van der Waals surface area contributed by atoms with E-state index in [0.29, 0.717) is 26.3 Å². The third-order valence-electron chi connectivity index (χ3n) is 3.69. The predicted octanol–water partition coefficient (Wildman–Crippen LogP) is 1.76. The molecule has 0 N–H and O–H groups in total. The summed E-state index contributed by atoms with van der Waals surface area (Å²) in [6, 6.07) is 0. The number of carbonyl (C=O) groups is 1. The Kier molecular flexibility index (Phi) is 6.73. The molecule has 22 heavy (non-hydrogen) atoms. The van der Waals surface area contributed by atoms with E-state index in [-0.39, 0.29) is 18.3 Å². The molecule has 0 spiro atoms. The Hall–Kier alpha value is -0.120. The zero-order chi connectivity index (χ0) is 16.2. The van der Waals surface area contributed by atoms with Crippen LogP contribution in [0.25, 0.3) is 0 Å². The van der Waals surface area contributed by atoms with Crippen molar-refractivity contribution in [2.75, 3.05) is 50.4 Å². The number of hydrogen-bond donors (Lipinski definition) is 0. The van der Waals surface area contributed by atoms with Crippen LogP contribution in [0.3, 0.4) is 0 Å². The van der Waals surface area contributed by atoms with Crippen LogP contribution in [0.15, 0.2) is 0 Å². The zero-order valence-corrected chi connectivity index (χ0v) is 15.9. The Morgan fingerprint density at radius 1 is 1.14 bits per heavy atom. The molecule has 0 radical (unpaired) electrons. The van der Waals surface area contributed by atoms with Gasteiger partial charge in [0.1, 0.15) is 5.60 Å². The maximum absolute atomic E-state index is 12.0. The van der Waals surface area contributed by atoms with Crippen molar-refractivity contribution in [2.45, 2.75) is 38.6 Å². The van der Waals surface area contributed by atoms with Gasteiger partial charge in [-0.2, -0.15) is 0 Å². The maximum Gasteiger partial charge on any atom is 0.410 e. The van der Waals surface area contributed by atoms with Crippen LogP contribution in [0.1, 0.15) is 20.8 Å². The fourth-order valence-electron chi connectivity index (χ4n) is 2.51. The lowest BCUT2D eigenvalue weighted by atomic mass is 10.2. The minimum Gasteiger partial charge on any atom is -0.444 e. The molecule has 2 fully saturated rings. The van der Waals surface area contributed by atoms with Gasteiger partial charge in [-0.15, -0.1) is 0 Å². The van der Waals surface area contributed by atoms with Gasteiger partial charge in [0.25, 0.3) is 0 Å². The highest BCUT2D eigenvalue weighted by molar-refractivity contribution is 14.1. The molecule has 0 saturated carbocycles. The summed E-state index contributed by atoms with van der Waals surface area (Å²) < 4.78 is 18.0. The first-order valence-electron chi connectivity index (χ1n) is 7.87.